The Morgan fingerprint density at radius 2 is 1.83 bits per heavy atom. The second kappa shape index (κ2) is 5.19. The molecule has 0 unspecified atom stereocenters. The number of methoxy groups -OCH3 is 1. The molecule has 94 valence electrons. The van der Waals surface area contributed by atoms with Gasteiger partial charge in [-0.25, -0.2) is 0 Å². The van der Waals surface area contributed by atoms with Crippen molar-refractivity contribution in [3.63, 3.8) is 0 Å². The van der Waals surface area contributed by atoms with Crippen molar-refractivity contribution in [2.45, 2.75) is 6.92 Å². The van der Waals surface area contributed by atoms with Crippen LogP contribution in [0.2, 0.25) is 5.02 Å². The largest absolute Gasteiger partial charge is 0.497 e. The molecule has 0 aliphatic carbocycles. The maximum Gasteiger partial charge on any atom is 0.131 e. The SMILES string of the molecule is COc1cccc(Oc2cc(Cl)c(N)cc2C)c1. The normalized spacial score (nSPS) is 10.2. The average Bonchev–Trinajstić information content (AvgIpc) is 2.36. The highest BCUT2D eigenvalue weighted by Crippen LogP contribution is 2.32. The molecule has 0 radical (unpaired) electrons. The van der Waals surface area contributed by atoms with E-state index in [1.165, 1.54) is 0 Å². The Hall–Kier alpha value is -1.87. The minimum absolute atomic E-state index is 0.485. The first-order chi connectivity index (χ1) is 8.60. The lowest BCUT2D eigenvalue weighted by atomic mass is 10.2. The van der Waals surface area contributed by atoms with E-state index in [1.807, 2.05) is 31.2 Å². The first-order valence-electron chi connectivity index (χ1n) is 5.47. The Bertz CT molecular complexity index is 570. The number of aryl methyl sites for hydroxylation is 1. The predicted molar refractivity (Wildman–Crippen MR) is 73.7 cm³/mol. The molecule has 0 aliphatic heterocycles. The number of hydrogen-bond acceptors (Lipinski definition) is 3. The van der Waals surface area contributed by atoms with E-state index in [4.69, 9.17) is 26.8 Å². The quantitative estimate of drug-likeness (QED) is 0.851. The van der Waals surface area contributed by atoms with Gasteiger partial charge in [-0.05, 0) is 30.7 Å². The molecule has 2 N–H and O–H groups in total. The monoisotopic (exact) mass is 263 g/mol. The molecule has 0 atom stereocenters. The topological polar surface area (TPSA) is 44.5 Å². The fourth-order valence-electron chi connectivity index (χ4n) is 1.59. The second-order valence-corrected chi connectivity index (χ2v) is 4.33. The Morgan fingerprint density at radius 3 is 2.56 bits per heavy atom. The van der Waals surface area contributed by atoms with Crippen molar-refractivity contribution in [2.24, 2.45) is 0 Å². The molecule has 3 nitrogen and oxygen atoms in total. The number of nitrogens with two attached hydrogens (primary N) is 1. The van der Waals surface area contributed by atoms with Gasteiger partial charge in [0.05, 0.1) is 17.8 Å². The highest BCUT2D eigenvalue weighted by Gasteiger charge is 2.06. The third-order valence-corrected chi connectivity index (χ3v) is 2.89. The average molecular weight is 264 g/mol. The van der Waals surface area contributed by atoms with Gasteiger partial charge in [0.25, 0.3) is 0 Å². The molecule has 0 saturated heterocycles. The molecule has 2 rings (SSSR count). The highest BCUT2D eigenvalue weighted by atomic mass is 35.5. The fourth-order valence-corrected chi connectivity index (χ4v) is 1.74. The van der Waals surface area contributed by atoms with Gasteiger partial charge in [-0.3, -0.25) is 0 Å². The van der Waals surface area contributed by atoms with E-state index >= 15 is 0 Å². The van der Waals surface area contributed by atoms with Crippen LogP contribution in [-0.2, 0) is 0 Å². The molecule has 0 aliphatic rings. The van der Waals surface area contributed by atoms with Gasteiger partial charge in [-0.15, -0.1) is 0 Å². The van der Waals surface area contributed by atoms with Gasteiger partial charge in [0.2, 0.25) is 0 Å². The maximum absolute atomic E-state index is 5.98. The summed E-state index contributed by atoms with van der Waals surface area (Å²) in [6, 6.07) is 10.9. The zero-order chi connectivity index (χ0) is 13.1. The van der Waals surface area contributed by atoms with E-state index in [0.29, 0.717) is 22.2 Å². The minimum atomic E-state index is 0.485. The molecular weight excluding hydrogens is 250 g/mol. The number of hydrogen-bond donors (Lipinski definition) is 1. The smallest absolute Gasteiger partial charge is 0.131 e. The molecule has 0 bridgehead atoms. The molecule has 2 aromatic carbocycles. The zero-order valence-electron chi connectivity index (χ0n) is 10.2. The molecule has 0 spiro atoms. The van der Waals surface area contributed by atoms with E-state index in [-0.39, 0.29) is 0 Å². The van der Waals surface area contributed by atoms with Gasteiger partial charge in [0.15, 0.2) is 0 Å². The molecule has 0 aromatic heterocycles. The van der Waals surface area contributed by atoms with Crippen molar-refractivity contribution in [1.82, 2.24) is 0 Å². The molecule has 18 heavy (non-hydrogen) atoms. The summed E-state index contributed by atoms with van der Waals surface area (Å²) >= 11 is 5.98. The molecule has 0 saturated carbocycles. The van der Waals surface area contributed by atoms with Crippen molar-refractivity contribution in [1.29, 1.82) is 0 Å². The number of rotatable bonds is 3. The standard InChI is InChI=1S/C14H14ClNO2/c1-9-6-13(16)12(15)8-14(9)18-11-5-3-4-10(7-11)17-2/h3-8H,16H2,1-2H3. The Labute approximate surface area is 111 Å². The third-order valence-electron chi connectivity index (χ3n) is 2.56. The van der Waals surface area contributed by atoms with Gasteiger partial charge in [0.1, 0.15) is 17.2 Å². The third kappa shape index (κ3) is 2.68. The van der Waals surface area contributed by atoms with Crippen LogP contribution in [0.4, 0.5) is 5.69 Å². The van der Waals surface area contributed by atoms with Gasteiger partial charge in [0, 0.05) is 12.1 Å². The van der Waals surface area contributed by atoms with Gasteiger partial charge < -0.3 is 15.2 Å². The summed E-state index contributed by atoms with van der Waals surface area (Å²) < 4.78 is 10.9. The van der Waals surface area contributed by atoms with Crippen LogP contribution in [0.15, 0.2) is 36.4 Å². The van der Waals surface area contributed by atoms with Crippen LogP contribution in [0.5, 0.6) is 17.2 Å². The van der Waals surface area contributed by atoms with E-state index in [1.54, 1.807) is 19.2 Å². The van der Waals surface area contributed by atoms with E-state index in [2.05, 4.69) is 0 Å². The van der Waals surface area contributed by atoms with Crippen LogP contribution < -0.4 is 15.2 Å². The maximum atomic E-state index is 5.98. The van der Waals surface area contributed by atoms with Crippen LogP contribution in [0.1, 0.15) is 5.56 Å². The summed E-state index contributed by atoms with van der Waals surface area (Å²) in [7, 11) is 1.62. The van der Waals surface area contributed by atoms with Crippen LogP contribution in [-0.4, -0.2) is 7.11 Å². The Kier molecular flexibility index (Phi) is 3.63. The summed E-state index contributed by atoms with van der Waals surface area (Å²) in [6.07, 6.45) is 0. The van der Waals surface area contributed by atoms with Crippen LogP contribution >= 0.6 is 11.6 Å². The molecule has 0 fully saturated rings. The molecule has 4 heteroatoms. The summed E-state index contributed by atoms with van der Waals surface area (Å²) in [5.74, 6) is 2.12. The van der Waals surface area contributed by atoms with Crippen molar-refractivity contribution in [3.05, 3.63) is 47.0 Å². The van der Waals surface area contributed by atoms with Gasteiger partial charge in [-0.2, -0.15) is 0 Å². The number of nitrogen functional groups attached to an aromatic ring is 1. The Morgan fingerprint density at radius 1 is 1.11 bits per heavy atom. The van der Waals surface area contributed by atoms with E-state index < -0.39 is 0 Å². The van der Waals surface area contributed by atoms with Crippen molar-refractivity contribution in [2.75, 3.05) is 12.8 Å². The summed E-state index contributed by atoms with van der Waals surface area (Å²) in [5.41, 5.74) is 7.20. The number of halogens is 1. The van der Waals surface area contributed by atoms with Crippen molar-refractivity contribution < 1.29 is 9.47 Å². The van der Waals surface area contributed by atoms with Gasteiger partial charge >= 0.3 is 0 Å². The van der Waals surface area contributed by atoms with Crippen LogP contribution in [0.25, 0.3) is 0 Å². The first kappa shape index (κ1) is 12.6. The van der Waals surface area contributed by atoms with Crippen LogP contribution in [0.3, 0.4) is 0 Å². The number of ether oxygens (including phenoxy) is 2. The highest BCUT2D eigenvalue weighted by molar-refractivity contribution is 6.33. The predicted octanol–water partition coefficient (Wildman–Crippen LogP) is 4.03. The Balaban J connectivity index is 2.30. The minimum Gasteiger partial charge on any atom is -0.497 e. The molecule has 0 amide bonds. The van der Waals surface area contributed by atoms with Crippen LogP contribution in [0, 0.1) is 6.92 Å². The van der Waals surface area contributed by atoms with E-state index in [9.17, 15) is 0 Å². The lowest BCUT2D eigenvalue weighted by Crippen LogP contribution is -1.92. The number of benzene rings is 2. The summed E-state index contributed by atoms with van der Waals surface area (Å²) in [5, 5.41) is 0.485. The second-order valence-electron chi connectivity index (χ2n) is 3.92. The molecular formula is C14H14ClNO2. The van der Waals surface area contributed by atoms with Crippen molar-refractivity contribution >= 4 is 17.3 Å². The van der Waals surface area contributed by atoms with Gasteiger partial charge in [-0.1, -0.05) is 17.7 Å². The summed E-state index contributed by atoms with van der Waals surface area (Å²) in [6.45, 7) is 1.92. The molecule has 2 aromatic rings. The molecule has 0 heterocycles. The summed E-state index contributed by atoms with van der Waals surface area (Å²) in [4.78, 5) is 0. The lowest BCUT2D eigenvalue weighted by molar-refractivity contribution is 0.409. The first-order valence-corrected chi connectivity index (χ1v) is 5.85. The van der Waals surface area contributed by atoms with Crippen molar-refractivity contribution in [3.8, 4) is 17.2 Å². The van der Waals surface area contributed by atoms with E-state index in [0.717, 1.165) is 11.3 Å². The zero-order valence-corrected chi connectivity index (χ0v) is 11.0. The fraction of sp³-hybridized carbons (Fsp3) is 0.143. The lowest BCUT2D eigenvalue weighted by Gasteiger charge is -2.11. The number of anilines is 1.